The van der Waals surface area contributed by atoms with Gasteiger partial charge in [0.1, 0.15) is 5.82 Å². The van der Waals surface area contributed by atoms with Gasteiger partial charge in [0.05, 0.1) is 0 Å². The minimum Gasteiger partial charge on any atom is -0.261 e. The van der Waals surface area contributed by atoms with Crippen LogP contribution >= 0.6 is 0 Å². The van der Waals surface area contributed by atoms with Crippen LogP contribution in [0.5, 0.6) is 0 Å². The van der Waals surface area contributed by atoms with Crippen LogP contribution in [0.4, 0.5) is 4.39 Å². The number of halogens is 1. The highest BCUT2D eigenvalue weighted by Crippen LogP contribution is 2.13. The molecule has 1 aromatic carbocycles. The van der Waals surface area contributed by atoms with E-state index in [0.29, 0.717) is 11.8 Å². The lowest BCUT2D eigenvalue weighted by atomic mass is 10.0. The zero-order valence-corrected chi connectivity index (χ0v) is 12.1. The van der Waals surface area contributed by atoms with E-state index in [9.17, 15) is 4.39 Å². The van der Waals surface area contributed by atoms with Crippen molar-refractivity contribution in [2.75, 3.05) is 0 Å². The molecular weight excluding hydrogens is 237 g/mol. The van der Waals surface area contributed by atoms with Gasteiger partial charge >= 0.3 is 0 Å². The Balaban J connectivity index is 0.000000191. The zero-order chi connectivity index (χ0) is 14.3. The predicted molar refractivity (Wildman–Crippen MR) is 78.8 cm³/mol. The van der Waals surface area contributed by atoms with Gasteiger partial charge in [-0.3, -0.25) is 4.98 Å². The fraction of sp³-hybridized carbons (Fsp3) is 0.353. The maximum absolute atomic E-state index is 12.4. The summed E-state index contributed by atoms with van der Waals surface area (Å²) in [6, 6.07) is 12.6. The second-order valence-electron chi connectivity index (χ2n) is 5.12. The molecule has 0 saturated heterocycles. The standard InChI is InChI=1S/C9H11F.C8H11N/c1-7(2)8-3-5-9(10)6-4-8;1-7(2)8-5-3-4-6-9-8/h3-7H,1-2H3;3-7H,1-2H3. The molecule has 0 spiro atoms. The average molecular weight is 259 g/mol. The summed E-state index contributed by atoms with van der Waals surface area (Å²) in [7, 11) is 0. The van der Waals surface area contributed by atoms with E-state index < -0.39 is 0 Å². The Hall–Kier alpha value is -1.70. The van der Waals surface area contributed by atoms with Gasteiger partial charge in [-0.25, -0.2) is 4.39 Å². The van der Waals surface area contributed by atoms with Crippen molar-refractivity contribution < 1.29 is 4.39 Å². The lowest BCUT2D eigenvalue weighted by Crippen LogP contribution is -1.88. The third-order valence-electron chi connectivity index (χ3n) is 2.82. The summed E-state index contributed by atoms with van der Waals surface area (Å²) in [5, 5.41) is 0. The van der Waals surface area contributed by atoms with Crippen LogP contribution < -0.4 is 0 Å². The highest BCUT2D eigenvalue weighted by atomic mass is 19.1. The molecule has 0 unspecified atom stereocenters. The maximum atomic E-state index is 12.4. The molecule has 1 nitrogen and oxygen atoms in total. The van der Waals surface area contributed by atoms with Crippen LogP contribution in [-0.4, -0.2) is 4.98 Å². The molecule has 0 bridgehead atoms. The molecule has 0 fully saturated rings. The highest BCUT2D eigenvalue weighted by molar-refractivity contribution is 5.18. The molecule has 0 atom stereocenters. The van der Waals surface area contributed by atoms with Gasteiger partial charge in [-0.05, 0) is 41.7 Å². The Kier molecular flexibility index (Phi) is 6.20. The van der Waals surface area contributed by atoms with Crippen LogP contribution in [0.25, 0.3) is 0 Å². The van der Waals surface area contributed by atoms with Crippen molar-refractivity contribution in [1.29, 1.82) is 0 Å². The molecule has 2 rings (SSSR count). The Labute approximate surface area is 115 Å². The first-order valence-electron chi connectivity index (χ1n) is 6.67. The van der Waals surface area contributed by atoms with Crippen LogP contribution in [0.3, 0.4) is 0 Å². The van der Waals surface area contributed by atoms with E-state index in [1.165, 1.54) is 17.7 Å². The molecule has 2 aromatic rings. The van der Waals surface area contributed by atoms with Crippen molar-refractivity contribution in [3.8, 4) is 0 Å². The summed E-state index contributed by atoms with van der Waals surface area (Å²) < 4.78 is 12.4. The van der Waals surface area contributed by atoms with Gasteiger partial charge < -0.3 is 0 Å². The SMILES string of the molecule is CC(C)c1ccc(F)cc1.CC(C)c1ccccn1. The van der Waals surface area contributed by atoms with Gasteiger partial charge in [0, 0.05) is 11.9 Å². The second-order valence-corrected chi connectivity index (χ2v) is 5.12. The molecule has 0 N–H and O–H groups in total. The summed E-state index contributed by atoms with van der Waals surface area (Å²) in [6.45, 7) is 8.46. The Morgan fingerprint density at radius 2 is 1.47 bits per heavy atom. The fourth-order valence-electron chi connectivity index (χ4n) is 1.57. The molecule has 0 saturated carbocycles. The fourth-order valence-corrected chi connectivity index (χ4v) is 1.57. The molecule has 102 valence electrons. The number of benzene rings is 1. The van der Waals surface area contributed by atoms with Crippen molar-refractivity contribution in [2.45, 2.75) is 39.5 Å². The molecule has 0 radical (unpaired) electrons. The molecule has 19 heavy (non-hydrogen) atoms. The van der Waals surface area contributed by atoms with Crippen LogP contribution in [0.2, 0.25) is 0 Å². The van der Waals surface area contributed by atoms with Crippen molar-refractivity contribution in [2.24, 2.45) is 0 Å². The summed E-state index contributed by atoms with van der Waals surface area (Å²) in [4.78, 5) is 4.18. The first kappa shape index (κ1) is 15.4. The van der Waals surface area contributed by atoms with Crippen LogP contribution in [0.15, 0.2) is 48.7 Å². The molecule has 0 aliphatic rings. The molecule has 0 aliphatic heterocycles. The van der Waals surface area contributed by atoms with Gasteiger partial charge in [-0.1, -0.05) is 45.9 Å². The van der Waals surface area contributed by atoms with E-state index in [0.717, 1.165) is 5.69 Å². The van der Waals surface area contributed by atoms with E-state index >= 15 is 0 Å². The Morgan fingerprint density at radius 3 is 1.84 bits per heavy atom. The molecule has 1 heterocycles. The topological polar surface area (TPSA) is 12.9 Å². The van der Waals surface area contributed by atoms with Crippen molar-refractivity contribution in [3.05, 3.63) is 65.7 Å². The summed E-state index contributed by atoms with van der Waals surface area (Å²) in [5.41, 5.74) is 2.35. The van der Waals surface area contributed by atoms with Crippen LogP contribution in [0, 0.1) is 5.82 Å². The van der Waals surface area contributed by atoms with Gasteiger partial charge in [-0.15, -0.1) is 0 Å². The van der Waals surface area contributed by atoms with Gasteiger partial charge in [-0.2, -0.15) is 0 Å². The van der Waals surface area contributed by atoms with Gasteiger partial charge in [0.15, 0.2) is 0 Å². The zero-order valence-electron chi connectivity index (χ0n) is 12.1. The van der Waals surface area contributed by atoms with E-state index in [2.05, 4.69) is 32.7 Å². The predicted octanol–water partition coefficient (Wildman–Crippen LogP) is 5.15. The number of hydrogen-bond acceptors (Lipinski definition) is 1. The van der Waals surface area contributed by atoms with E-state index in [1.807, 2.05) is 36.5 Å². The molecule has 2 heteroatoms. The third-order valence-corrected chi connectivity index (χ3v) is 2.82. The minimum absolute atomic E-state index is 0.163. The summed E-state index contributed by atoms with van der Waals surface area (Å²) in [5.74, 6) is 0.871. The van der Waals surface area contributed by atoms with Crippen molar-refractivity contribution in [1.82, 2.24) is 4.98 Å². The second kappa shape index (κ2) is 7.67. The number of hydrogen-bond donors (Lipinski definition) is 0. The minimum atomic E-state index is -0.163. The van der Waals surface area contributed by atoms with Crippen LogP contribution in [-0.2, 0) is 0 Å². The number of pyridine rings is 1. The third kappa shape index (κ3) is 5.64. The van der Waals surface area contributed by atoms with Crippen molar-refractivity contribution >= 4 is 0 Å². The lowest BCUT2D eigenvalue weighted by molar-refractivity contribution is 0.626. The Morgan fingerprint density at radius 1 is 0.842 bits per heavy atom. The van der Waals surface area contributed by atoms with Gasteiger partial charge in [0.25, 0.3) is 0 Å². The number of nitrogens with zero attached hydrogens (tertiary/aromatic N) is 1. The highest BCUT2D eigenvalue weighted by Gasteiger charge is 1.97. The molecular formula is C17H22FN. The lowest BCUT2D eigenvalue weighted by Gasteiger charge is -2.02. The Bertz CT molecular complexity index is 460. The maximum Gasteiger partial charge on any atom is 0.123 e. The largest absolute Gasteiger partial charge is 0.261 e. The van der Waals surface area contributed by atoms with Crippen molar-refractivity contribution in [3.63, 3.8) is 0 Å². The summed E-state index contributed by atoms with van der Waals surface area (Å²) in [6.07, 6.45) is 1.83. The first-order valence-corrected chi connectivity index (χ1v) is 6.67. The molecule has 0 amide bonds. The molecule has 0 aliphatic carbocycles. The first-order chi connectivity index (χ1) is 9.00. The number of aromatic nitrogens is 1. The number of rotatable bonds is 2. The normalized spacial score (nSPS) is 10.3. The monoisotopic (exact) mass is 259 g/mol. The van der Waals surface area contributed by atoms with E-state index in [-0.39, 0.29) is 5.82 Å². The molecule has 1 aromatic heterocycles. The van der Waals surface area contributed by atoms with Crippen LogP contribution in [0.1, 0.15) is 50.8 Å². The van der Waals surface area contributed by atoms with E-state index in [4.69, 9.17) is 0 Å². The average Bonchev–Trinajstić information content (AvgIpc) is 2.41. The summed E-state index contributed by atoms with van der Waals surface area (Å²) >= 11 is 0. The van der Waals surface area contributed by atoms with Gasteiger partial charge in [0.2, 0.25) is 0 Å². The van der Waals surface area contributed by atoms with E-state index in [1.54, 1.807) is 0 Å². The quantitative estimate of drug-likeness (QED) is 0.726. The smallest absolute Gasteiger partial charge is 0.123 e.